The fourth-order valence-corrected chi connectivity index (χ4v) is 3.50. The third-order valence-corrected chi connectivity index (χ3v) is 4.95. The monoisotopic (exact) mass is 417 g/mol. The van der Waals surface area contributed by atoms with Crippen LogP contribution in [0.3, 0.4) is 0 Å². The SMILES string of the molecule is COc1ccccc1C1CNCCN1C(=O)CCCNC(=O)c1ccccc1.Cl. The van der Waals surface area contributed by atoms with E-state index in [1.54, 1.807) is 19.2 Å². The molecule has 0 spiro atoms. The van der Waals surface area contributed by atoms with Gasteiger partial charge in [0, 0.05) is 43.7 Å². The second kappa shape index (κ2) is 11.4. The van der Waals surface area contributed by atoms with Crippen LogP contribution >= 0.6 is 12.4 Å². The minimum atomic E-state index is -0.109. The second-order valence-corrected chi connectivity index (χ2v) is 6.77. The number of amides is 2. The summed E-state index contributed by atoms with van der Waals surface area (Å²) in [5, 5.41) is 6.24. The van der Waals surface area contributed by atoms with Crippen molar-refractivity contribution in [3.8, 4) is 5.75 Å². The molecule has 7 heteroatoms. The number of piperazine rings is 1. The number of nitrogens with zero attached hydrogens (tertiary/aromatic N) is 1. The first-order valence-electron chi connectivity index (χ1n) is 9.67. The summed E-state index contributed by atoms with van der Waals surface area (Å²) >= 11 is 0. The molecule has 156 valence electrons. The smallest absolute Gasteiger partial charge is 0.251 e. The summed E-state index contributed by atoms with van der Waals surface area (Å²) < 4.78 is 5.48. The molecule has 29 heavy (non-hydrogen) atoms. The van der Waals surface area contributed by atoms with E-state index in [1.807, 2.05) is 47.4 Å². The van der Waals surface area contributed by atoms with E-state index in [2.05, 4.69) is 10.6 Å². The zero-order chi connectivity index (χ0) is 19.8. The molecule has 2 N–H and O–H groups in total. The standard InChI is InChI=1S/C22H27N3O3.ClH/c1-28-20-11-6-5-10-18(20)19-16-23-14-15-25(19)21(26)12-7-13-24-22(27)17-8-3-2-4-9-17;/h2-6,8-11,19,23H,7,12-16H2,1H3,(H,24,27);1H. The van der Waals surface area contributed by atoms with Crippen LogP contribution < -0.4 is 15.4 Å². The van der Waals surface area contributed by atoms with Crippen LogP contribution in [0.25, 0.3) is 0 Å². The zero-order valence-electron chi connectivity index (χ0n) is 16.6. The van der Waals surface area contributed by atoms with Crippen LogP contribution in [0.1, 0.15) is 34.8 Å². The van der Waals surface area contributed by atoms with Crippen molar-refractivity contribution >= 4 is 24.2 Å². The van der Waals surface area contributed by atoms with Gasteiger partial charge in [-0.25, -0.2) is 0 Å². The summed E-state index contributed by atoms with van der Waals surface area (Å²) in [5.74, 6) is 0.789. The van der Waals surface area contributed by atoms with E-state index in [1.165, 1.54) is 0 Å². The summed E-state index contributed by atoms with van der Waals surface area (Å²) in [4.78, 5) is 26.8. The van der Waals surface area contributed by atoms with Crippen LogP contribution in [-0.4, -0.2) is 50.0 Å². The van der Waals surface area contributed by atoms with Crippen molar-refractivity contribution in [2.45, 2.75) is 18.9 Å². The van der Waals surface area contributed by atoms with Crippen molar-refractivity contribution in [2.24, 2.45) is 0 Å². The molecule has 0 radical (unpaired) electrons. The van der Waals surface area contributed by atoms with E-state index in [0.717, 1.165) is 17.9 Å². The van der Waals surface area contributed by atoms with Gasteiger partial charge in [-0.15, -0.1) is 12.4 Å². The molecule has 0 aromatic heterocycles. The molecular formula is C22H28ClN3O3. The first kappa shape index (κ1) is 22.7. The number of hydrogen-bond acceptors (Lipinski definition) is 4. The van der Waals surface area contributed by atoms with Crippen molar-refractivity contribution in [2.75, 3.05) is 33.3 Å². The Bertz CT molecular complexity index is 801. The predicted molar refractivity (Wildman–Crippen MR) is 116 cm³/mol. The minimum absolute atomic E-state index is 0. The van der Waals surface area contributed by atoms with E-state index >= 15 is 0 Å². The van der Waals surface area contributed by atoms with Gasteiger partial charge in [-0.05, 0) is 24.6 Å². The highest BCUT2D eigenvalue weighted by Gasteiger charge is 2.29. The number of methoxy groups -OCH3 is 1. The van der Waals surface area contributed by atoms with E-state index in [4.69, 9.17) is 4.74 Å². The van der Waals surface area contributed by atoms with Crippen LogP contribution in [0.4, 0.5) is 0 Å². The fourth-order valence-electron chi connectivity index (χ4n) is 3.50. The number of hydrogen-bond donors (Lipinski definition) is 2. The third kappa shape index (κ3) is 5.95. The van der Waals surface area contributed by atoms with Crippen LogP contribution in [-0.2, 0) is 4.79 Å². The number of para-hydroxylation sites is 1. The Morgan fingerprint density at radius 1 is 1.14 bits per heavy atom. The van der Waals surface area contributed by atoms with Crippen LogP contribution in [0.15, 0.2) is 54.6 Å². The van der Waals surface area contributed by atoms with E-state index in [0.29, 0.717) is 38.0 Å². The molecule has 1 unspecified atom stereocenters. The minimum Gasteiger partial charge on any atom is -0.496 e. The Kier molecular flexibility index (Phi) is 8.96. The Morgan fingerprint density at radius 2 is 1.86 bits per heavy atom. The Balaban J connectivity index is 0.00000300. The molecule has 2 aromatic rings. The zero-order valence-corrected chi connectivity index (χ0v) is 17.4. The van der Waals surface area contributed by atoms with Crippen LogP contribution in [0.5, 0.6) is 5.75 Å². The van der Waals surface area contributed by atoms with Gasteiger partial charge < -0.3 is 20.3 Å². The van der Waals surface area contributed by atoms with Gasteiger partial charge >= 0.3 is 0 Å². The first-order chi connectivity index (χ1) is 13.7. The molecule has 0 bridgehead atoms. The van der Waals surface area contributed by atoms with Crippen LogP contribution in [0.2, 0.25) is 0 Å². The number of benzene rings is 2. The maximum atomic E-state index is 12.8. The molecule has 1 atom stereocenters. The summed E-state index contributed by atoms with van der Waals surface area (Å²) in [7, 11) is 1.65. The molecule has 1 saturated heterocycles. The van der Waals surface area contributed by atoms with Gasteiger partial charge in [0.05, 0.1) is 13.2 Å². The summed E-state index contributed by atoms with van der Waals surface area (Å²) in [6.45, 7) is 2.63. The van der Waals surface area contributed by atoms with Crippen LogP contribution in [0, 0.1) is 0 Å². The maximum absolute atomic E-state index is 12.8. The Labute approximate surface area is 178 Å². The fraction of sp³-hybridized carbons (Fsp3) is 0.364. The lowest BCUT2D eigenvalue weighted by atomic mass is 10.0. The molecule has 2 aromatic carbocycles. The van der Waals surface area contributed by atoms with Crippen molar-refractivity contribution in [3.05, 3.63) is 65.7 Å². The largest absolute Gasteiger partial charge is 0.496 e. The second-order valence-electron chi connectivity index (χ2n) is 6.77. The van der Waals surface area contributed by atoms with Crippen molar-refractivity contribution in [3.63, 3.8) is 0 Å². The number of nitrogens with one attached hydrogen (secondary N) is 2. The molecule has 3 rings (SSSR count). The van der Waals surface area contributed by atoms with Gasteiger partial charge in [-0.2, -0.15) is 0 Å². The highest BCUT2D eigenvalue weighted by Crippen LogP contribution is 2.30. The number of ether oxygens (including phenoxy) is 1. The normalized spacial score (nSPS) is 15.9. The average Bonchev–Trinajstić information content (AvgIpc) is 2.77. The topological polar surface area (TPSA) is 70.7 Å². The van der Waals surface area contributed by atoms with Crippen molar-refractivity contribution < 1.29 is 14.3 Å². The summed E-state index contributed by atoms with van der Waals surface area (Å²) in [5.41, 5.74) is 1.65. The van der Waals surface area contributed by atoms with Gasteiger partial charge in [0.25, 0.3) is 5.91 Å². The lowest BCUT2D eigenvalue weighted by molar-refractivity contribution is -0.134. The third-order valence-electron chi connectivity index (χ3n) is 4.95. The molecule has 1 aliphatic rings. The van der Waals surface area contributed by atoms with E-state index < -0.39 is 0 Å². The number of rotatable bonds is 7. The molecule has 0 aliphatic carbocycles. The van der Waals surface area contributed by atoms with E-state index in [9.17, 15) is 9.59 Å². The van der Waals surface area contributed by atoms with Gasteiger partial charge in [0.1, 0.15) is 5.75 Å². The van der Waals surface area contributed by atoms with Gasteiger partial charge in [0.2, 0.25) is 5.91 Å². The van der Waals surface area contributed by atoms with Crippen molar-refractivity contribution in [1.29, 1.82) is 0 Å². The van der Waals surface area contributed by atoms with E-state index in [-0.39, 0.29) is 30.3 Å². The van der Waals surface area contributed by atoms with Crippen molar-refractivity contribution in [1.82, 2.24) is 15.5 Å². The highest BCUT2D eigenvalue weighted by molar-refractivity contribution is 5.94. The lowest BCUT2D eigenvalue weighted by Gasteiger charge is -2.37. The first-order valence-corrected chi connectivity index (χ1v) is 9.67. The molecule has 2 amide bonds. The average molecular weight is 418 g/mol. The summed E-state index contributed by atoms with van der Waals surface area (Å²) in [6, 6.07) is 16.9. The number of carbonyl (C=O) groups is 2. The quantitative estimate of drug-likeness (QED) is 0.679. The number of carbonyl (C=O) groups excluding carboxylic acids is 2. The molecule has 0 saturated carbocycles. The highest BCUT2D eigenvalue weighted by atomic mass is 35.5. The Morgan fingerprint density at radius 3 is 2.62 bits per heavy atom. The van der Waals surface area contributed by atoms with Gasteiger partial charge in [-0.3, -0.25) is 9.59 Å². The molecule has 1 heterocycles. The molecule has 6 nitrogen and oxygen atoms in total. The Hall–Kier alpha value is -2.57. The molecule has 1 fully saturated rings. The molecule has 1 aliphatic heterocycles. The predicted octanol–water partition coefficient (Wildman–Crippen LogP) is 2.80. The summed E-state index contributed by atoms with van der Waals surface area (Å²) in [6.07, 6.45) is 1.01. The maximum Gasteiger partial charge on any atom is 0.251 e. The van der Waals surface area contributed by atoms with Gasteiger partial charge in [-0.1, -0.05) is 36.4 Å². The van der Waals surface area contributed by atoms with Gasteiger partial charge in [0.15, 0.2) is 0 Å². The number of halogens is 1. The lowest BCUT2D eigenvalue weighted by Crippen LogP contribution is -2.48. The molecular weight excluding hydrogens is 390 g/mol.